The monoisotopic (exact) mass is 178 g/mol. The maximum Gasteiger partial charge on any atom is 0.199 e. The quantitative estimate of drug-likeness (QED) is 0.636. The van der Waals surface area contributed by atoms with Gasteiger partial charge in [0.15, 0.2) is 11.5 Å². The van der Waals surface area contributed by atoms with Crippen LogP contribution in [0.25, 0.3) is 0 Å². The predicted molar refractivity (Wildman–Crippen MR) is 48.5 cm³/mol. The minimum absolute atomic E-state index is 0.348. The van der Waals surface area contributed by atoms with E-state index in [9.17, 15) is 9.18 Å². The van der Waals surface area contributed by atoms with Gasteiger partial charge in [0, 0.05) is 5.56 Å². The molecule has 1 aromatic rings. The van der Waals surface area contributed by atoms with Gasteiger partial charge in [-0.15, -0.1) is 0 Å². The summed E-state index contributed by atoms with van der Waals surface area (Å²) in [6.45, 7) is 0. The van der Waals surface area contributed by atoms with Crippen molar-refractivity contribution in [2.24, 2.45) is 0 Å². The zero-order chi connectivity index (χ0) is 9.31. The number of halogens is 1. The standard InChI is InChI=1S/C11H11FO/c12-11(7-4-8-11)10(13)9-5-2-1-3-6-9/h1-3,5-6H,4,7-8H2. The number of carbonyl (C=O) groups is 1. The Morgan fingerprint density at radius 3 is 2.31 bits per heavy atom. The van der Waals surface area contributed by atoms with Crippen LogP contribution in [0.1, 0.15) is 29.6 Å². The molecule has 1 nitrogen and oxygen atoms in total. The van der Waals surface area contributed by atoms with Gasteiger partial charge >= 0.3 is 0 Å². The van der Waals surface area contributed by atoms with Crippen molar-refractivity contribution in [3.05, 3.63) is 35.9 Å². The van der Waals surface area contributed by atoms with Gasteiger partial charge in [-0.05, 0) is 19.3 Å². The van der Waals surface area contributed by atoms with Crippen LogP contribution in [0, 0.1) is 0 Å². The lowest BCUT2D eigenvalue weighted by Gasteiger charge is -2.32. The summed E-state index contributed by atoms with van der Waals surface area (Å²) < 4.78 is 13.6. The molecule has 0 saturated heterocycles. The summed E-state index contributed by atoms with van der Waals surface area (Å²) in [4.78, 5) is 11.6. The summed E-state index contributed by atoms with van der Waals surface area (Å²) in [6, 6.07) is 8.68. The highest BCUT2D eigenvalue weighted by Gasteiger charge is 2.44. The largest absolute Gasteiger partial charge is 0.291 e. The van der Waals surface area contributed by atoms with Crippen LogP contribution in [0.5, 0.6) is 0 Å². The molecule has 0 spiro atoms. The third kappa shape index (κ3) is 1.37. The van der Waals surface area contributed by atoms with Gasteiger partial charge in [0.2, 0.25) is 0 Å². The van der Waals surface area contributed by atoms with Crippen molar-refractivity contribution in [1.82, 2.24) is 0 Å². The van der Waals surface area contributed by atoms with E-state index >= 15 is 0 Å². The Labute approximate surface area is 76.6 Å². The van der Waals surface area contributed by atoms with E-state index in [1.54, 1.807) is 24.3 Å². The molecule has 0 amide bonds. The molecule has 0 unspecified atom stereocenters. The first kappa shape index (κ1) is 8.42. The Hall–Kier alpha value is -1.18. The highest BCUT2D eigenvalue weighted by Crippen LogP contribution is 2.38. The van der Waals surface area contributed by atoms with Gasteiger partial charge in [0.1, 0.15) is 0 Å². The second-order valence-corrected chi connectivity index (χ2v) is 3.51. The molecule has 1 fully saturated rings. The molecule has 0 aromatic heterocycles. The Kier molecular flexibility index (Phi) is 1.91. The topological polar surface area (TPSA) is 17.1 Å². The van der Waals surface area contributed by atoms with E-state index < -0.39 is 5.67 Å². The number of benzene rings is 1. The summed E-state index contributed by atoms with van der Waals surface area (Å²) in [6.07, 6.45) is 1.61. The first-order valence-corrected chi connectivity index (χ1v) is 4.51. The maximum atomic E-state index is 13.6. The SMILES string of the molecule is O=C(c1ccccc1)C1(F)CCC1. The zero-order valence-electron chi connectivity index (χ0n) is 7.29. The molecule has 2 rings (SSSR count). The molecule has 0 N–H and O–H groups in total. The molecule has 0 aliphatic heterocycles. The highest BCUT2D eigenvalue weighted by atomic mass is 19.1. The smallest absolute Gasteiger partial charge is 0.199 e. The fourth-order valence-corrected chi connectivity index (χ4v) is 1.56. The van der Waals surface area contributed by atoms with E-state index in [-0.39, 0.29) is 5.78 Å². The van der Waals surface area contributed by atoms with Crippen LogP contribution in [0.4, 0.5) is 4.39 Å². The lowest BCUT2D eigenvalue weighted by atomic mass is 9.77. The Morgan fingerprint density at radius 2 is 1.85 bits per heavy atom. The van der Waals surface area contributed by atoms with Crippen LogP contribution in [-0.2, 0) is 0 Å². The molecular formula is C11H11FO. The average molecular weight is 178 g/mol. The third-order valence-corrected chi connectivity index (χ3v) is 2.59. The summed E-state index contributed by atoms with van der Waals surface area (Å²) in [7, 11) is 0. The Bertz CT molecular complexity index is 314. The van der Waals surface area contributed by atoms with Crippen LogP contribution < -0.4 is 0 Å². The van der Waals surface area contributed by atoms with Gasteiger partial charge in [0.05, 0.1) is 0 Å². The van der Waals surface area contributed by atoms with Crippen LogP contribution >= 0.6 is 0 Å². The molecule has 0 heterocycles. The summed E-state index contributed by atoms with van der Waals surface area (Å²) in [5, 5.41) is 0. The van der Waals surface area contributed by atoms with Crippen molar-refractivity contribution in [1.29, 1.82) is 0 Å². The zero-order valence-corrected chi connectivity index (χ0v) is 7.29. The van der Waals surface area contributed by atoms with E-state index in [0.29, 0.717) is 18.4 Å². The first-order valence-electron chi connectivity index (χ1n) is 4.51. The van der Waals surface area contributed by atoms with Gasteiger partial charge in [-0.25, -0.2) is 4.39 Å². The number of rotatable bonds is 2. The highest BCUT2D eigenvalue weighted by molar-refractivity contribution is 6.02. The van der Waals surface area contributed by atoms with Crippen molar-refractivity contribution in [3.8, 4) is 0 Å². The minimum atomic E-state index is -1.55. The lowest BCUT2D eigenvalue weighted by molar-refractivity contribution is 0.0419. The van der Waals surface area contributed by atoms with E-state index in [2.05, 4.69) is 0 Å². The van der Waals surface area contributed by atoms with Gasteiger partial charge in [-0.1, -0.05) is 30.3 Å². The van der Waals surface area contributed by atoms with E-state index in [4.69, 9.17) is 0 Å². The number of hydrogen-bond donors (Lipinski definition) is 0. The lowest BCUT2D eigenvalue weighted by Crippen LogP contribution is -2.40. The summed E-state index contributed by atoms with van der Waals surface area (Å²) in [5.41, 5.74) is -1.06. The number of Topliss-reactive ketones (excluding diaryl/α,β-unsaturated/α-hetero) is 1. The van der Waals surface area contributed by atoms with Gasteiger partial charge in [-0.3, -0.25) is 4.79 Å². The molecular weight excluding hydrogens is 167 g/mol. The second-order valence-electron chi connectivity index (χ2n) is 3.51. The van der Waals surface area contributed by atoms with Crippen molar-refractivity contribution >= 4 is 5.78 Å². The predicted octanol–water partition coefficient (Wildman–Crippen LogP) is 2.76. The third-order valence-electron chi connectivity index (χ3n) is 2.59. The van der Waals surface area contributed by atoms with Crippen LogP contribution in [-0.4, -0.2) is 11.5 Å². The average Bonchev–Trinajstić information content (AvgIpc) is 2.14. The number of carbonyl (C=O) groups excluding carboxylic acids is 1. The van der Waals surface area contributed by atoms with E-state index in [1.807, 2.05) is 6.07 Å². The van der Waals surface area contributed by atoms with E-state index in [1.165, 1.54) is 0 Å². The van der Waals surface area contributed by atoms with Crippen LogP contribution in [0.2, 0.25) is 0 Å². The fraction of sp³-hybridized carbons (Fsp3) is 0.364. The summed E-state index contributed by atoms with van der Waals surface area (Å²) >= 11 is 0. The fourth-order valence-electron chi connectivity index (χ4n) is 1.56. The maximum absolute atomic E-state index is 13.6. The van der Waals surface area contributed by atoms with Crippen molar-refractivity contribution in [2.45, 2.75) is 24.9 Å². The van der Waals surface area contributed by atoms with Gasteiger partial charge < -0.3 is 0 Å². The van der Waals surface area contributed by atoms with Crippen molar-refractivity contribution in [2.75, 3.05) is 0 Å². The van der Waals surface area contributed by atoms with Crippen LogP contribution in [0.15, 0.2) is 30.3 Å². The molecule has 0 atom stereocenters. The molecule has 13 heavy (non-hydrogen) atoms. The summed E-state index contributed by atoms with van der Waals surface area (Å²) in [5.74, 6) is -0.348. The normalized spacial score (nSPS) is 19.2. The molecule has 1 aliphatic rings. The Morgan fingerprint density at radius 1 is 1.23 bits per heavy atom. The molecule has 0 radical (unpaired) electrons. The number of hydrogen-bond acceptors (Lipinski definition) is 1. The number of ketones is 1. The van der Waals surface area contributed by atoms with Crippen molar-refractivity contribution < 1.29 is 9.18 Å². The molecule has 1 aliphatic carbocycles. The molecule has 0 bridgehead atoms. The van der Waals surface area contributed by atoms with Crippen LogP contribution in [0.3, 0.4) is 0 Å². The molecule has 1 saturated carbocycles. The molecule has 2 heteroatoms. The number of alkyl halides is 1. The second kappa shape index (κ2) is 2.95. The molecule has 68 valence electrons. The van der Waals surface area contributed by atoms with Crippen molar-refractivity contribution in [3.63, 3.8) is 0 Å². The first-order chi connectivity index (χ1) is 6.22. The minimum Gasteiger partial charge on any atom is -0.291 e. The van der Waals surface area contributed by atoms with Gasteiger partial charge in [-0.2, -0.15) is 0 Å². The Balaban J connectivity index is 2.23. The van der Waals surface area contributed by atoms with Gasteiger partial charge in [0.25, 0.3) is 0 Å². The van der Waals surface area contributed by atoms with E-state index in [0.717, 1.165) is 6.42 Å². The molecule has 1 aromatic carbocycles.